The fourth-order valence-electron chi connectivity index (χ4n) is 3.42. The van der Waals surface area contributed by atoms with E-state index < -0.39 is 8.07 Å². The molecule has 2 rings (SSSR count). The fraction of sp³-hybridized carbons (Fsp3) is 0.412. The van der Waals surface area contributed by atoms with Gasteiger partial charge in [0.1, 0.15) is 0 Å². The quantitative estimate of drug-likeness (QED) is 0.333. The first-order valence-electron chi connectivity index (χ1n) is 6.91. The molecule has 0 saturated carbocycles. The smallest absolute Gasteiger partial charge is 1.00 e. The zero-order valence-electron chi connectivity index (χ0n) is 14.0. The zero-order valence-corrected chi connectivity index (χ0v) is 20.9. The van der Waals surface area contributed by atoms with Crippen LogP contribution in [-0.2, 0) is 24.4 Å². The van der Waals surface area contributed by atoms with E-state index in [0.717, 1.165) is 0 Å². The molecule has 1 aliphatic rings. The average molecular weight is 540 g/mol. The van der Waals surface area contributed by atoms with Crippen molar-refractivity contribution in [3.05, 3.63) is 52.6 Å². The van der Waals surface area contributed by atoms with Gasteiger partial charge in [-0.05, 0) is 0 Å². The Morgan fingerprint density at radius 1 is 0.773 bits per heavy atom. The second kappa shape index (κ2) is 8.67. The zero-order chi connectivity index (χ0) is 14.4. The number of hydrogen-bond donors (Lipinski definition) is 0. The Balaban J connectivity index is 0. The predicted octanol–water partition coefficient (Wildman–Crippen LogP) is -4.45. The third-order valence-electron chi connectivity index (χ3n) is 5.25. The minimum atomic E-state index is -1.53. The van der Waals surface area contributed by atoms with Gasteiger partial charge in [0.2, 0.25) is 0 Å². The Kier molecular flexibility index (Phi) is 9.81. The van der Waals surface area contributed by atoms with Crippen LogP contribution in [0.3, 0.4) is 0 Å². The van der Waals surface area contributed by atoms with Crippen LogP contribution >= 0.6 is 0 Å². The van der Waals surface area contributed by atoms with Crippen LogP contribution in [0, 0.1) is 0 Å². The van der Waals surface area contributed by atoms with Crippen molar-refractivity contribution in [3.8, 4) is 0 Å². The van der Waals surface area contributed by atoms with Crippen LogP contribution < -0.4 is 42.4 Å². The van der Waals surface area contributed by atoms with E-state index in [1.807, 2.05) is 0 Å². The number of halogens is 3. The molecule has 120 valence electrons. The normalized spacial score (nSPS) is 16.7. The maximum Gasteiger partial charge on any atom is -1.00 e. The van der Waals surface area contributed by atoms with Gasteiger partial charge < -0.3 is 37.2 Å². The van der Waals surface area contributed by atoms with Crippen LogP contribution in [0.1, 0.15) is 27.7 Å². The first-order chi connectivity index (χ1) is 8.74. The van der Waals surface area contributed by atoms with Gasteiger partial charge >= 0.3 is 134 Å². The summed E-state index contributed by atoms with van der Waals surface area (Å²) < 4.78 is 0.391. The van der Waals surface area contributed by atoms with Gasteiger partial charge in [0.25, 0.3) is 0 Å². The van der Waals surface area contributed by atoms with Gasteiger partial charge in [0, 0.05) is 0 Å². The number of allylic oxidation sites excluding steroid dienone is 4. The second-order valence-electron chi connectivity index (χ2n) is 6.24. The summed E-state index contributed by atoms with van der Waals surface area (Å²) in [5.41, 5.74) is 6.39. The summed E-state index contributed by atoms with van der Waals surface area (Å²) in [6.07, 6.45) is 0. The molecule has 22 heavy (non-hydrogen) atoms. The number of hydrogen-bond acceptors (Lipinski definition) is 0. The molecule has 0 spiro atoms. The van der Waals surface area contributed by atoms with Crippen LogP contribution in [0.2, 0.25) is 15.9 Å². The van der Waals surface area contributed by atoms with E-state index in [2.05, 4.69) is 71.1 Å². The Morgan fingerprint density at radius 3 is 1.50 bits per heavy atom. The molecule has 0 nitrogen and oxygen atoms in total. The largest absolute Gasteiger partial charge is 1.00 e. The summed E-state index contributed by atoms with van der Waals surface area (Å²) >= 11 is 1.22. The van der Waals surface area contributed by atoms with Gasteiger partial charge in [-0.15, -0.1) is 0 Å². The van der Waals surface area contributed by atoms with Crippen LogP contribution in [-0.4, -0.2) is 8.07 Å². The third kappa shape index (κ3) is 3.51. The van der Waals surface area contributed by atoms with E-state index in [1.54, 1.807) is 27.5 Å². The first kappa shape index (κ1) is 24.9. The van der Waals surface area contributed by atoms with Crippen molar-refractivity contribution in [2.75, 3.05) is 0 Å². The van der Waals surface area contributed by atoms with Crippen molar-refractivity contribution >= 4 is 13.3 Å². The van der Waals surface area contributed by atoms with E-state index in [-0.39, 0.29) is 37.2 Å². The summed E-state index contributed by atoms with van der Waals surface area (Å²) in [7, 11) is -1.53. The molecular formula is C17H23Cl3HfSi. The molecule has 5 heteroatoms. The van der Waals surface area contributed by atoms with E-state index in [4.69, 9.17) is 0 Å². The topological polar surface area (TPSA) is 0 Å². The van der Waals surface area contributed by atoms with Crippen molar-refractivity contribution in [3.63, 3.8) is 0 Å². The summed E-state index contributed by atoms with van der Waals surface area (Å²) in [5, 5.41) is 1.59. The molecule has 0 aliphatic heterocycles. The molecule has 0 radical (unpaired) electrons. The summed E-state index contributed by atoms with van der Waals surface area (Å²) in [6, 6.07) is 11.2. The maximum atomic E-state index is 2.55. The number of benzene rings is 1. The fourth-order valence-corrected chi connectivity index (χ4v) is 10.0. The van der Waals surface area contributed by atoms with Gasteiger partial charge in [-0.1, -0.05) is 0 Å². The summed E-state index contributed by atoms with van der Waals surface area (Å²) in [6.45, 7) is 14.5. The van der Waals surface area contributed by atoms with Crippen molar-refractivity contribution in [2.24, 2.45) is 0 Å². The van der Waals surface area contributed by atoms with Crippen LogP contribution in [0.4, 0.5) is 0 Å². The predicted molar refractivity (Wildman–Crippen MR) is 83.0 cm³/mol. The molecular weight excluding hydrogens is 517 g/mol. The Bertz CT molecular complexity index is 553. The molecule has 0 unspecified atom stereocenters. The summed E-state index contributed by atoms with van der Waals surface area (Å²) in [5.74, 6) is 0. The van der Waals surface area contributed by atoms with Gasteiger partial charge in [-0.2, -0.15) is 0 Å². The molecule has 0 fully saturated rings. The molecule has 0 atom stereocenters. The molecule has 1 aliphatic carbocycles. The molecule has 0 saturated heterocycles. The third-order valence-corrected chi connectivity index (χ3v) is 19.1. The molecule has 1 aromatic rings. The summed E-state index contributed by atoms with van der Waals surface area (Å²) in [4.78, 5) is 0. The second-order valence-corrected chi connectivity index (χ2v) is 15.3. The van der Waals surface area contributed by atoms with Crippen LogP contribution in [0.15, 0.2) is 52.6 Å². The SMILES string of the molecule is CC1=C(C)[C]([Hf+3])([Si](C)(C)c2ccccc2)C(C)=C1C.[Cl-].[Cl-].[Cl-]. The van der Waals surface area contributed by atoms with Crippen LogP contribution in [0.5, 0.6) is 0 Å². The Labute approximate surface area is 170 Å². The van der Waals surface area contributed by atoms with Gasteiger partial charge in [-0.3, -0.25) is 0 Å². The Hall–Kier alpha value is 0.657. The number of rotatable bonds is 2. The van der Waals surface area contributed by atoms with E-state index >= 15 is 0 Å². The van der Waals surface area contributed by atoms with Crippen molar-refractivity contribution in [1.29, 1.82) is 0 Å². The molecule has 0 heterocycles. The monoisotopic (exact) mass is 540 g/mol. The average Bonchev–Trinajstić information content (AvgIpc) is 2.56. The van der Waals surface area contributed by atoms with Crippen molar-refractivity contribution in [2.45, 2.75) is 43.6 Å². The van der Waals surface area contributed by atoms with Gasteiger partial charge in [-0.25, -0.2) is 0 Å². The molecule has 1 aromatic carbocycles. The van der Waals surface area contributed by atoms with Crippen LogP contribution in [0.25, 0.3) is 0 Å². The van der Waals surface area contributed by atoms with E-state index in [9.17, 15) is 0 Å². The van der Waals surface area contributed by atoms with Crippen molar-refractivity contribution in [1.82, 2.24) is 0 Å². The van der Waals surface area contributed by atoms with Gasteiger partial charge in [0.05, 0.1) is 0 Å². The van der Waals surface area contributed by atoms with Crippen molar-refractivity contribution < 1.29 is 61.6 Å². The molecule has 0 amide bonds. The Morgan fingerprint density at radius 2 is 1.14 bits per heavy atom. The maximum absolute atomic E-state index is 2.55. The standard InChI is InChI=1S/C17H23Si.3ClH.Hf/c1-12-13(2)15(4)17(14(12)3)18(5,6)16-10-8-7-9-11-16;;;;/h7-11H,1-6H3;3*1H;/q;;;;+3/p-3. The van der Waals surface area contributed by atoms with E-state index in [1.165, 1.54) is 24.4 Å². The molecule has 0 bridgehead atoms. The van der Waals surface area contributed by atoms with Gasteiger partial charge in [0.15, 0.2) is 0 Å². The molecule has 0 aromatic heterocycles. The first-order valence-corrected chi connectivity index (χ1v) is 11.7. The van der Waals surface area contributed by atoms with E-state index in [0.29, 0.717) is 2.79 Å². The minimum absolute atomic E-state index is 0. The minimum Gasteiger partial charge on any atom is -1.00 e. The molecule has 0 N–H and O–H groups in total.